The minimum Gasteiger partial charge on any atom is -0.481 e. The van der Waals surface area contributed by atoms with E-state index < -0.39 is 54.9 Å². The Kier molecular flexibility index (Phi) is 6.29. The second kappa shape index (κ2) is 9.04. The van der Waals surface area contributed by atoms with Crippen molar-refractivity contribution >= 4 is 18.0 Å². The minimum atomic E-state index is -3.53. The minimum absolute atomic E-state index is 0.0434. The smallest absolute Gasteiger partial charge is 0.407 e. The van der Waals surface area contributed by atoms with Crippen molar-refractivity contribution in [1.82, 2.24) is 10.2 Å². The zero-order chi connectivity index (χ0) is 24.6. The summed E-state index contributed by atoms with van der Waals surface area (Å²) in [5.41, 5.74) is 4.22. The number of alkyl carbamates (subject to hydrolysis) is 1. The molecule has 4 rings (SSSR count). The number of aliphatic carboxylic acids is 1. The molecule has 0 aromatic heterocycles. The van der Waals surface area contributed by atoms with Crippen LogP contribution in [0.25, 0.3) is 11.1 Å². The highest BCUT2D eigenvalue weighted by atomic mass is 19.3. The summed E-state index contributed by atoms with van der Waals surface area (Å²) < 4.78 is 33.6. The van der Waals surface area contributed by atoms with Crippen molar-refractivity contribution in [1.29, 1.82) is 0 Å². The Balaban J connectivity index is 1.43. The number of benzene rings is 2. The highest BCUT2D eigenvalue weighted by Gasteiger charge is 2.54. The highest BCUT2D eigenvalue weighted by Crippen LogP contribution is 2.44. The van der Waals surface area contributed by atoms with E-state index in [0.29, 0.717) is 0 Å². The van der Waals surface area contributed by atoms with Gasteiger partial charge in [0.1, 0.15) is 18.6 Å². The van der Waals surface area contributed by atoms with Crippen LogP contribution in [0.3, 0.4) is 0 Å². The number of carbonyl (C=O) groups excluding carboxylic acids is 2. The van der Waals surface area contributed by atoms with E-state index >= 15 is 0 Å². The number of hydrogen-bond acceptors (Lipinski definition) is 4. The summed E-state index contributed by atoms with van der Waals surface area (Å²) in [6.07, 6.45) is -0.838. The summed E-state index contributed by atoms with van der Waals surface area (Å²) in [7, 11) is 0. The van der Waals surface area contributed by atoms with Gasteiger partial charge >= 0.3 is 12.1 Å². The first-order chi connectivity index (χ1) is 16.1. The molecule has 2 aromatic rings. The van der Waals surface area contributed by atoms with Crippen molar-refractivity contribution in [2.45, 2.75) is 31.7 Å². The monoisotopic (exact) mass is 472 g/mol. The molecule has 2 N–H and O–H groups in total. The number of halogens is 2. The number of nitrogens with zero attached hydrogens (tertiary/aromatic N) is 1. The number of likely N-dealkylation sites (tertiary alicyclic amines) is 1. The maximum Gasteiger partial charge on any atom is 0.407 e. The molecule has 1 aliphatic heterocycles. The van der Waals surface area contributed by atoms with Crippen LogP contribution < -0.4 is 5.32 Å². The maximum absolute atomic E-state index is 14.0. The zero-order valence-corrected chi connectivity index (χ0v) is 18.8. The van der Waals surface area contributed by atoms with E-state index in [4.69, 9.17) is 9.84 Å². The van der Waals surface area contributed by atoms with Crippen LogP contribution in [0.15, 0.2) is 48.5 Å². The number of fused-ring (bicyclic) bond motifs is 3. The number of nitrogens with one attached hydrogen (secondary N) is 1. The van der Waals surface area contributed by atoms with Crippen LogP contribution in [-0.4, -0.2) is 59.6 Å². The molecular weight excluding hydrogens is 446 g/mol. The second-order valence-electron chi connectivity index (χ2n) is 9.06. The molecule has 0 spiro atoms. The Morgan fingerprint density at radius 1 is 1.09 bits per heavy atom. The van der Waals surface area contributed by atoms with Crippen LogP contribution in [0.1, 0.15) is 30.9 Å². The quantitative estimate of drug-likeness (QED) is 0.668. The number of ether oxygens (including phenoxy) is 1. The first-order valence-electron chi connectivity index (χ1n) is 11.1. The lowest BCUT2D eigenvalue weighted by atomic mass is 9.98. The van der Waals surface area contributed by atoms with Gasteiger partial charge in [-0.3, -0.25) is 9.59 Å². The number of carboxylic acid groups (broad SMARTS) is 1. The average molecular weight is 472 g/mol. The standard InChI is InChI=1S/C25H26F2N2O5/c1-14(2)21(22(30)29-11-20(23(31)32)25(26,27)13-29)28-24(33)34-12-19-17-9-5-3-7-15(17)16-8-4-6-10-18(16)19/h3-10,14,19-21H,11-13H2,1-2H3,(H,28,33)(H,31,32)/t20?,21-/m1/s1. The fourth-order valence-electron chi connectivity index (χ4n) is 4.69. The summed E-state index contributed by atoms with van der Waals surface area (Å²) >= 11 is 0. The van der Waals surface area contributed by atoms with Gasteiger partial charge in [-0.1, -0.05) is 62.4 Å². The number of rotatable bonds is 6. The Morgan fingerprint density at radius 3 is 2.15 bits per heavy atom. The maximum atomic E-state index is 14.0. The van der Waals surface area contributed by atoms with Gasteiger partial charge in [0.15, 0.2) is 0 Å². The van der Waals surface area contributed by atoms with Gasteiger partial charge in [0, 0.05) is 12.5 Å². The number of hydrogen-bond donors (Lipinski definition) is 2. The van der Waals surface area contributed by atoms with Crippen molar-refractivity contribution in [3.05, 3.63) is 59.7 Å². The molecule has 2 aliphatic rings. The Labute approximate surface area is 195 Å². The normalized spacial score (nSPS) is 19.4. The number of carboxylic acids is 1. The summed E-state index contributed by atoms with van der Waals surface area (Å²) in [5.74, 6) is -8.52. The van der Waals surface area contributed by atoms with E-state index in [0.717, 1.165) is 27.2 Å². The van der Waals surface area contributed by atoms with Gasteiger partial charge < -0.3 is 20.1 Å². The molecule has 1 heterocycles. The molecule has 9 heteroatoms. The lowest BCUT2D eigenvalue weighted by Gasteiger charge is -2.26. The van der Waals surface area contributed by atoms with Crippen LogP contribution in [0.5, 0.6) is 0 Å². The molecule has 1 fully saturated rings. The molecule has 2 amide bonds. The summed E-state index contributed by atoms with van der Waals surface area (Å²) in [6.45, 7) is 1.75. The van der Waals surface area contributed by atoms with E-state index in [1.165, 1.54) is 0 Å². The van der Waals surface area contributed by atoms with Crippen LogP contribution >= 0.6 is 0 Å². The molecule has 2 aromatic carbocycles. The number of amides is 2. The van der Waals surface area contributed by atoms with E-state index in [1.54, 1.807) is 13.8 Å². The van der Waals surface area contributed by atoms with E-state index in [-0.39, 0.29) is 12.5 Å². The van der Waals surface area contributed by atoms with E-state index in [9.17, 15) is 23.2 Å². The Morgan fingerprint density at radius 2 is 1.65 bits per heavy atom. The highest BCUT2D eigenvalue weighted by molar-refractivity contribution is 5.87. The molecule has 1 unspecified atom stereocenters. The van der Waals surface area contributed by atoms with Gasteiger partial charge in [-0.15, -0.1) is 0 Å². The van der Waals surface area contributed by atoms with Crippen LogP contribution in [-0.2, 0) is 14.3 Å². The SMILES string of the molecule is CC(C)[C@@H](NC(=O)OCC1c2ccccc2-c2ccccc21)C(=O)N1CC(C(=O)O)C(F)(F)C1. The molecule has 34 heavy (non-hydrogen) atoms. The zero-order valence-electron chi connectivity index (χ0n) is 18.8. The van der Waals surface area contributed by atoms with Gasteiger partial charge in [0.25, 0.3) is 5.92 Å². The van der Waals surface area contributed by atoms with E-state index in [2.05, 4.69) is 5.32 Å². The van der Waals surface area contributed by atoms with Crippen LogP contribution in [0.4, 0.5) is 13.6 Å². The molecule has 7 nitrogen and oxygen atoms in total. The van der Waals surface area contributed by atoms with Crippen molar-refractivity contribution in [2.75, 3.05) is 19.7 Å². The average Bonchev–Trinajstić information content (AvgIpc) is 3.29. The van der Waals surface area contributed by atoms with Gasteiger partial charge in [0.05, 0.1) is 6.54 Å². The summed E-state index contributed by atoms with van der Waals surface area (Å²) in [6, 6.07) is 14.6. The van der Waals surface area contributed by atoms with Gasteiger partial charge in [-0.25, -0.2) is 13.6 Å². The fourth-order valence-corrected chi connectivity index (χ4v) is 4.69. The Hall–Kier alpha value is -3.49. The molecule has 180 valence electrons. The largest absolute Gasteiger partial charge is 0.481 e. The predicted molar refractivity (Wildman–Crippen MR) is 119 cm³/mol. The third kappa shape index (κ3) is 4.34. The predicted octanol–water partition coefficient (Wildman–Crippen LogP) is 3.73. The molecule has 0 bridgehead atoms. The van der Waals surface area contributed by atoms with Crippen molar-refractivity contribution in [3.8, 4) is 11.1 Å². The number of carbonyl (C=O) groups is 3. The van der Waals surface area contributed by atoms with E-state index in [1.807, 2.05) is 48.5 Å². The van der Waals surface area contributed by atoms with Crippen molar-refractivity contribution in [3.63, 3.8) is 0 Å². The third-order valence-corrected chi connectivity index (χ3v) is 6.47. The van der Waals surface area contributed by atoms with Crippen molar-refractivity contribution < 1.29 is 33.0 Å². The molecule has 0 saturated carbocycles. The lowest BCUT2D eigenvalue weighted by molar-refractivity contribution is -0.151. The molecular formula is C25H26F2N2O5. The molecule has 1 aliphatic carbocycles. The number of alkyl halides is 2. The first kappa shape index (κ1) is 23.7. The molecule has 0 radical (unpaired) electrons. The topological polar surface area (TPSA) is 95.9 Å². The van der Waals surface area contributed by atoms with Gasteiger partial charge in [0.2, 0.25) is 5.91 Å². The Bertz CT molecular complexity index is 1070. The van der Waals surface area contributed by atoms with Gasteiger partial charge in [-0.05, 0) is 28.2 Å². The summed E-state index contributed by atoms with van der Waals surface area (Å²) in [5, 5.41) is 11.5. The summed E-state index contributed by atoms with van der Waals surface area (Å²) in [4.78, 5) is 37.5. The van der Waals surface area contributed by atoms with Crippen LogP contribution in [0, 0.1) is 11.8 Å². The molecule has 2 atom stereocenters. The third-order valence-electron chi connectivity index (χ3n) is 6.47. The fraction of sp³-hybridized carbons (Fsp3) is 0.400. The second-order valence-corrected chi connectivity index (χ2v) is 9.06. The van der Waals surface area contributed by atoms with Gasteiger partial charge in [-0.2, -0.15) is 0 Å². The molecule has 1 saturated heterocycles. The lowest BCUT2D eigenvalue weighted by Crippen LogP contribution is -2.51. The van der Waals surface area contributed by atoms with Crippen LogP contribution in [0.2, 0.25) is 0 Å². The van der Waals surface area contributed by atoms with Crippen molar-refractivity contribution in [2.24, 2.45) is 11.8 Å². The first-order valence-corrected chi connectivity index (χ1v) is 11.1.